The van der Waals surface area contributed by atoms with E-state index in [2.05, 4.69) is 52.0 Å². The number of hydrogen-bond donors (Lipinski definition) is 0. The van der Waals surface area contributed by atoms with Gasteiger partial charge in [0.2, 0.25) is 0 Å². The summed E-state index contributed by atoms with van der Waals surface area (Å²) in [4.78, 5) is 0. The predicted molar refractivity (Wildman–Crippen MR) is 101 cm³/mol. The Labute approximate surface area is 163 Å². The third-order valence-electron chi connectivity index (χ3n) is 3.62. The molecule has 0 radical (unpaired) electrons. The van der Waals surface area contributed by atoms with E-state index in [9.17, 15) is 0 Å². The third kappa shape index (κ3) is 6.84. The molecule has 0 heterocycles. The zero-order valence-electron chi connectivity index (χ0n) is 13.6. The van der Waals surface area contributed by atoms with Crippen LogP contribution in [0.1, 0.15) is 53.4 Å². The Kier molecular flexibility index (Phi) is 11.0. The summed E-state index contributed by atoms with van der Waals surface area (Å²) >= 11 is -0.495. The van der Waals surface area contributed by atoms with Crippen molar-refractivity contribution in [1.29, 1.82) is 0 Å². The van der Waals surface area contributed by atoms with Gasteiger partial charge in [0.1, 0.15) is 0 Å². The van der Waals surface area contributed by atoms with Gasteiger partial charge in [-0.05, 0) is 0 Å². The SMILES string of the molecule is Br.Br.CC(C)CC1=[C]([Zr][C]2=C(CC(C)C)C=CC2)CC=C1. The standard InChI is InChI=1S/2C9H13.2BrH.Zr/c2*1-8(2)7-9-5-3-4-6-9;;;/h2*3,5,8H,4,7H2,1-2H3;2*1H;. The first-order valence-corrected chi connectivity index (χ1v) is 10.1. The molecule has 0 saturated heterocycles. The van der Waals surface area contributed by atoms with Crippen molar-refractivity contribution in [1.82, 2.24) is 0 Å². The number of hydrogen-bond acceptors (Lipinski definition) is 0. The molecule has 0 bridgehead atoms. The van der Waals surface area contributed by atoms with Crippen LogP contribution in [0.5, 0.6) is 0 Å². The second-order valence-corrected chi connectivity index (χ2v) is 10.1. The van der Waals surface area contributed by atoms with Crippen LogP contribution in [0, 0.1) is 11.8 Å². The Bertz CT molecular complexity index is 412. The number of rotatable bonds is 6. The molecule has 0 amide bonds. The Hall–Kier alpha value is 0.803. The van der Waals surface area contributed by atoms with Gasteiger partial charge >= 0.3 is 130 Å². The number of allylic oxidation sites excluding steroid dienone is 8. The van der Waals surface area contributed by atoms with Crippen molar-refractivity contribution in [3.05, 3.63) is 42.0 Å². The third-order valence-corrected chi connectivity index (χ3v) is 7.68. The van der Waals surface area contributed by atoms with E-state index < -0.39 is 23.2 Å². The summed E-state index contributed by atoms with van der Waals surface area (Å²) in [5.74, 6) is 1.58. The molecule has 2 rings (SSSR count). The van der Waals surface area contributed by atoms with Gasteiger partial charge in [0.15, 0.2) is 0 Å². The molecule has 2 aliphatic carbocycles. The molecule has 0 aromatic carbocycles. The van der Waals surface area contributed by atoms with Crippen LogP contribution in [0.25, 0.3) is 0 Å². The molecular formula is C18H28Br2Zr. The van der Waals surface area contributed by atoms with Crippen LogP contribution >= 0.6 is 34.0 Å². The minimum atomic E-state index is -0.495. The van der Waals surface area contributed by atoms with Crippen LogP contribution in [0.15, 0.2) is 42.0 Å². The molecule has 118 valence electrons. The van der Waals surface area contributed by atoms with Crippen LogP contribution in [0.2, 0.25) is 0 Å². The van der Waals surface area contributed by atoms with E-state index in [0.717, 1.165) is 11.8 Å². The average molecular weight is 495 g/mol. The Balaban J connectivity index is 0.00000200. The summed E-state index contributed by atoms with van der Waals surface area (Å²) in [6.07, 6.45) is 14.7. The van der Waals surface area contributed by atoms with Gasteiger partial charge in [0.25, 0.3) is 0 Å². The van der Waals surface area contributed by atoms with Crippen molar-refractivity contribution in [3.8, 4) is 0 Å². The molecule has 3 heteroatoms. The van der Waals surface area contributed by atoms with Crippen LogP contribution in [0.4, 0.5) is 0 Å². The van der Waals surface area contributed by atoms with Crippen molar-refractivity contribution in [3.63, 3.8) is 0 Å². The molecule has 0 aromatic rings. The van der Waals surface area contributed by atoms with Crippen molar-refractivity contribution >= 4 is 34.0 Å². The van der Waals surface area contributed by atoms with E-state index in [-0.39, 0.29) is 34.0 Å². The van der Waals surface area contributed by atoms with Crippen LogP contribution in [-0.4, -0.2) is 0 Å². The van der Waals surface area contributed by atoms with E-state index >= 15 is 0 Å². The van der Waals surface area contributed by atoms with E-state index in [1.165, 1.54) is 25.7 Å². The molecule has 0 aromatic heterocycles. The van der Waals surface area contributed by atoms with Gasteiger partial charge in [-0.15, -0.1) is 34.0 Å². The summed E-state index contributed by atoms with van der Waals surface area (Å²) in [5.41, 5.74) is 3.37. The second kappa shape index (κ2) is 10.6. The second-order valence-electron chi connectivity index (χ2n) is 6.54. The van der Waals surface area contributed by atoms with Crippen LogP contribution < -0.4 is 0 Å². The van der Waals surface area contributed by atoms with Crippen molar-refractivity contribution < 1.29 is 23.2 Å². The quantitative estimate of drug-likeness (QED) is 0.383. The summed E-state index contributed by atoms with van der Waals surface area (Å²) in [6.45, 7) is 9.34. The molecular weight excluding hydrogens is 467 g/mol. The molecule has 0 saturated carbocycles. The van der Waals surface area contributed by atoms with Gasteiger partial charge in [0.05, 0.1) is 0 Å². The molecule has 0 atom stereocenters. The van der Waals surface area contributed by atoms with Gasteiger partial charge < -0.3 is 0 Å². The first kappa shape index (κ1) is 21.8. The van der Waals surface area contributed by atoms with Crippen molar-refractivity contribution in [2.45, 2.75) is 53.4 Å². The first-order chi connectivity index (χ1) is 9.06. The topological polar surface area (TPSA) is 0 Å². The summed E-state index contributed by atoms with van der Waals surface area (Å²) < 4.78 is 3.69. The first-order valence-electron chi connectivity index (χ1n) is 7.60. The van der Waals surface area contributed by atoms with E-state index in [4.69, 9.17) is 0 Å². The Morgan fingerprint density at radius 3 is 1.52 bits per heavy atom. The fraction of sp³-hybridized carbons (Fsp3) is 0.556. The number of halogens is 2. The van der Waals surface area contributed by atoms with Crippen LogP contribution in [0.3, 0.4) is 0 Å². The fourth-order valence-corrected chi connectivity index (χ4v) is 6.49. The van der Waals surface area contributed by atoms with E-state index in [1.54, 1.807) is 11.1 Å². The minimum absolute atomic E-state index is 0. The van der Waals surface area contributed by atoms with E-state index in [1.807, 2.05) is 6.56 Å². The molecule has 0 N–H and O–H groups in total. The molecule has 0 unspecified atom stereocenters. The summed E-state index contributed by atoms with van der Waals surface area (Å²) in [7, 11) is 0. The van der Waals surface area contributed by atoms with Gasteiger partial charge in [-0.25, -0.2) is 0 Å². The Morgan fingerprint density at radius 1 is 0.810 bits per heavy atom. The fourth-order valence-electron chi connectivity index (χ4n) is 2.81. The molecule has 0 nitrogen and oxygen atoms in total. The van der Waals surface area contributed by atoms with Gasteiger partial charge in [-0.1, -0.05) is 0 Å². The van der Waals surface area contributed by atoms with Gasteiger partial charge in [0, 0.05) is 0 Å². The van der Waals surface area contributed by atoms with Crippen LogP contribution in [-0.2, 0) is 23.2 Å². The molecule has 0 spiro atoms. The summed E-state index contributed by atoms with van der Waals surface area (Å²) in [6, 6.07) is 0. The molecule has 0 aliphatic heterocycles. The zero-order valence-corrected chi connectivity index (χ0v) is 19.5. The van der Waals surface area contributed by atoms with Gasteiger partial charge in [-0.3, -0.25) is 0 Å². The Morgan fingerprint density at radius 2 is 1.19 bits per heavy atom. The predicted octanol–water partition coefficient (Wildman–Crippen LogP) is 6.74. The van der Waals surface area contributed by atoms with Gasteiger partial charge in [-0.2, -0.15) is 0 Å². The van der Waals surface area contributed by atoms with E-state index in [0.29, 0.717) is 0 Å². The maximum atomic E-state index is 2.40. The maximum absolute atomic E-state index is 2.40. The molecule has 0 fully saturated rings. The summed E-state index contributed by atoms with van der Waals surface area (Å²) in [5, 5.41) is 0. The zero-order chi connectivity index (χ0) is 13.8. The van der Waals surface area contributed by atoms with Crippen molar-refractivity contribution in [2.24, 2.45) is 11.8 Å². The molecule has 2 aliphatic rings. The normalized spacial score (nSPS) is 16.9. The van der Waals surface area contributed by atoms with Crippen molar-refractivity contribution in [2.75, 3.05) is 0 Å². The molecule has 21 heavy (non-hydrogen) atoms. The monoisotopic (exact) mass is 492 g/mol. The average Bonchev–Trinajstić information content (AvgIpc) is 2.89.